The van der Waals surface area contributed by atoms with Crippen LogP contribution in [0.2, 0.25) is 0 Å². The van der Waals surface area contributed by atoms with Crippen LogP contribution in [0.4, 0.5) is 19.0 Å². The van der Waals surface area contributed by atoms with E-state index in [2.05, 4.69) is 25.8 Å². The highest BCUT2D eigenvalue weighted by Crippen LogP contribution is 2.41. The first-order chi connectivity index (χ1) is 17.3. The summed E-state index contributed by atoms with van der Waals surface area (Å²) in [7, 11) is 1.73. The Balaban J connectivity index is 1.53. The number of anilines is 1. The molecule has 0 unspecified atom stereocenters. The zero-order chi connectivity index (χ0) is 25.4. The highest BCUT2D eigenvalue weighted by molar-refractivity contribution is 5.73. The molecule has 3 N–H and O–H groups in total. The van der Waals surface area contributed by atoms with E-state index in [0.717, 1.165) is 29.5 Å². The molecule has 0 saturated carbocycles. The second-order valence-electron chi connectivity index (χ2n) is 8.44. The average Bonchev–Trinajstić information content (AvgIpc) is 3.49. The molecule has 5 rings (SSSR count). The third-order valence-corrected chi connectivity index (χ3v) is 6.09. The Bertz CT molecular complexity index is 1470. The SMILES string of the molecule is CN/C(=C\C=N)Nc1cc(-c2cc3n(c2)C[C@H](C)n2c-3nnc2C(F)(F)c2ccccc2F)ccn1. The number of nitrogens with zero attached hydrogens (tertiary/aromatic N) is 5. The Labute approximate surface area is 205 Å². The molecule has 1 aliphatic rings. The number of nitrogens with one attached hydrogen (secondary N) is 3. The van der Waals surface area contributed by atoms with E-state index in [9.17, 15) is 4.39 Å². The molecule has 4 aromatic rings. The van der Waals surface area contributed by atoms with Crippen LogP contribution in [0.15, 0.2) is 66.8 Å². The lowest BCUT2D eigenvalue weighted by molar-refractivity contribution is 0.0231. The molecule has 4 heterocycles. The lowest BCUT2D eigenvalue weighted by Crippen LogP contribution is -2.28. The van der Waals surface area contributed by atoms with E-state index in [1.807, 2.05) is 29.0 Å². The molecule has 0 saturated heterocycles. The van der Waals surface area contributed by atoms with Gasteiger partial charge in [-0.2, -0.15) is 8.78 Å². The molecule has 0 aliphatic carbocycles. The molecule has 0 bridgehead atoms. The fourth-order valence-electron chi connectivity index (χ4n) is 4.39. The van der Waals surface area contributed by atoms with Crippen molar-refractivity contribution in [2.24, 2.45) is 0 Å². The van der Waals surface area contributed by atoms with Gasteiger partial charge in [0.15, 0.2) is 5.82 Å². The maximum atomic E-state index is 15.4. The zero-order valence-electron chi connectivity index (χ0n) is 19.5. The Hall–Kier alpha value is -4.41. The van der Waals surface area contributed by atoms with Gasteiger partial charge >= 0.3 is 5.92 Å². The molecular formula is C25H23F3N8. The van der Waals surface area contributed by atoms with E-state index >= 15 is 8.78 Å². The molecule has 0 spiro atoms. The summed E-state index contributed by atoms with van der Waals surface area (Å²) in [5.41, 5.74) is 1.61. The number of pyridine rings is 1. The molecule has 1 atom stereocenters. The second kappa shape index (κ2) is 8.99. The van der Waals surface area contributed by atoms with Crippen LogP contribution in [0.5, 0.6) is 0 Å². The molecule has 0 radical (unpaired) electrons. The largest absolute Gasteiger partial charge is 0.375 e. The van der Waals surface area contributed by atoms with Gasteiger partial charge in [0.25, 0.3) is 0 Å². The van der Waals surface area contributed by atoms with Gasteiger partial charge in [-0.3, -0.25) is 4.57 Å². The summed E-state index contributed by atoms with van der Waals surface area (Å²) in [5, 5.41) is 21.2. The minimum Gasteiger partial charge on any atom is -0.375 e. The number of aromatic nitrogens is 5. The van der Waals surface area contributed by atoms with Crippen molar-refractivity contribution in [1.29, 1.82) is 5.41 Å². The van der Waals surface area contributed by atoms with Crippen LogP contribution >= 0.6 is 0 Å². The van der Waals surface area contributed by atoms with E-state index < -0.39 is 23.1 Å². The van der Waals surface area contributed by atoms with Crippen molar-refractivity contribution in [3.05, 3.63) is 84.0 Å². The Morgan fingerprint density at radius 3 is 2.72 bits per heavy atom. The van der Waals surface area contributed by atoms with E-state index in [-0.39, 0.29) is 6.04 Å². The van der Waals surface area contributed by atoms with Crippen molar-refractivity contribution in [1.82, 2.24) is 29.6 Å². The van der Waals surface area contributed by atoms with Crippen molar-refractivity contribution in [3.63, 3.8) is 0 Å². The van der Waals surface area contributed by atoms with Crippen LogP contribution < -0.4 is 10.6 Å². The molecule has 0 fully saturated rings. The maximum Gasteiger partial charge on any atom is 0.334 e. The Kier molecular flexibility index (Phi) is 5.83. The van der Waals surface area contributed by atoms with E-state index in [1.165, 1.54) is 16.7 Å². The van der Waals surface area contributed by atoms with Crippen molar-refractivity contribution >= 4 is 12.0 Å². The summed E-state index contributed by atoms with van der Waals surface area (Å²) in [6.45, 7) is 2.22. The number of rotatable bonds is 7. The zero-order valence-corrected chi connectivity index (χ0v) is 19.5. The van der Waals surface area contributed by atoms with Gasteiger partial charge in [-0.15, -0.1) is 10.2 Å². The topological polar surface area (TPSA) is 96.4 Å². The van der Waals surface area contributed by atoms with Gasteiger partial charge in [0.1, 0.15) is 17.5 Å². The molecule has 11 heteroatoms. The van der Waals surface area contributed by atoms with Crippen LogP contribution in [-0.2, 0) is 12.5 Å². The number of alkyl halides is 2. The second-order valence-corrected chi connectivity index (χ2v) is 8.44. The van der Waals surface area contributed by atoms with Gasteiger partial charge in [-0.25, -0.2) is 9.37 Å². The van der Waals surface area contributed by atoms with Crippen LogP contribution in [0.3, 0.4) is 0 Å². The summed E-state index contributed by atoms with van der Waals surface area (Å²) in [6, 6.07) is 10.00. The van der Waals surface area contributed by atoms with Crippen molar-refractivity contribution in [3.8, 4) is 22.6 Å². The van der Waals surface area contributed by atoms with Crippen LogP contribution in [0.25, 0.3) is 22.6 Å². The van der Waals surface area contributed by atoms with E-state index in [1.54, 1.807) is 26.2 Å². The number of hydrogen-bond acceptors (Lipinski definition) is 6. The smallest absolute Gasteiger partial charge is 0.334 e. The van der Waals surface area contributed by atoms with Crippen LogP contribution in [-0.4, -0.2) is 37.6 Å². The van der Waals surface area contributed by atoms with Gasteiger partial charge in [-0.05, 0) is 48.9 Å². The summed E-state index contributed by atoms with van der Waals surface area (Å²) in [5.74, 6) is -3.75. The van der Waals surface area contributed by atoms with Gasteiger partial charge in [0.05, 0.1) is 17.3 Å². The first kappa shape index (κ1) is 23.3. The number of fused-ring (bicyclic) bond motifs is 3. The highest BCUT2D eigenvalue weighted by Gasteiger charge is 2.44. The molecule has 36 heavy (non-hydrogen) atoms. The number of hydrogen-bond donors (Lipinski definition) is 3. The summed E-state index contributed by atoms with van der Waals surface area (Å²) >= 11 is 0. The standard InChI is InChI=1S/C25H23F3N8/c1-15-13-35-14-17(16-8-10-31-22(12-16)32-21(30-2)7-9-29)11-20(35)23-33-34-24(36(15)23)25(27,28)18-5-3-4-6-19(18)26/h3-12,14-15,29-30H,13H2,1-2H3,(H,31,32)/b21-7+,29-9?/t15-/m0/s1. The first-order valence-electron chi connectivity index (χ1n) is 11.2. The number of allylic oxidation sites excluding steroid dienone is 1. The molecule has 0 amide bonds. The molecule has 1 aromatic carbocycles. The third kappa shape index (κ3) is 3.92. The predicted molar refractivity (Wildman–Crippen MR) is 130 cm³/mol. The third-order valence-electron chi connectivity index (χ3n) is 6.09. The van der Waals surface area contributed by atoms with Gasteiger partial charge in [-0.1, -0.05) is 12.1 Å². The van der Waals surface area contributed by atoms with Crippen molar-refractivity contribution < 1.29 is 13.2 Å². The molecule has 1 aliphatic heterocycles. The lowest BCUT2D eigenvalue weighted by atomic mass is 10.1. The summed E-state index contributed by atoms with van der Waals surface area (Å²) in [6.07, 6.45) is 6.31. The monoisotopic (exact) mass is 492 g/mol. The van der Waals surface area contributed by atoms with E-state index in [4.69, 9.17) is 5.41 Å². The van der Waals surface area contributed by atoms with Gasteiger partial charge in [0, 0.05) is 37.8 Å². The predicted octanol–water partition coefficient (Wildman–Crippen LogP) is 4.78. The van der Waals surface area contributed by atoms with Crippen molar-refractivity contribution in [2.45, 2.75) is 25.4 Å². The normalized spacial score (nSPS) is 15.2. The molecule has 3 aromatic heterocycles. The van der Waals surface area contributed by atoms with Crippen molar-refractivity contribution in [2.75, 3.05) is 12.4 Å². The lowest BCUT2D eigenvalue weighted by Gasteiger charge is -2.27. The first-order valence-corrected chi connectivity index (χ1v) is 11.2. The Morgan fingerprint density at radius 1 is 1.17 bits per heavy atom. The molecule has 8 nitrogen and oxygen atoms in total. The minimum atomic E-state index is -3.65. The Morgan fingerprint density at radius 2 is 1.97 bits per heavy atom. The molecule has 184 valence electrons. The summed E-state index contributed by atoms with van der Waals surface area (Å²) in [4.78, 5) is 4.32. The quantitative estimate of drug-likeness (QED) is 0.323. The van der Waals surface area contributed by atoms with Gasteiger partial charge in [0.2, 0.25) is 5.82 Å². The maximum absolute atomic E-state index is 15.4. The van der Waals surface area contributed by atoms with Gasteiger partial charge < -0.3 is 20.6 Å². The fourth-order valence-corrected chi connectivity index (χ4v) is 4.39. The molecular weight excluding hydrogens is 469 g/mol. The number of halogens is 3. The number of benzene rings is 1. The van der Waals surface area contributed by atoms with Crippen LogP contribution in [0.1, 0.15) is 24.4 Å². The highest BCUT2D eigenvalue weighted by atomic mass is 19.3. The van der Waals surface area contributed by atoms with E-state index in [0.29, 0.717) is 29.7 Å². The minimum absolute atomic E-state index is 0.296. The fraction of sp³-hybridized carbons (Fsp3) is 0.200. The summed E-state index contributed by atoms with van der Waals surface area (Å²) < 4.78 is 48.4. The average molecular weight is 493 g/mol. The van der Waals surface area contributed by atoms with Crippen LogP contribution in [0, 0.1) is 11.2 Å².